The molecular weight excluding hydrogens is 396 g/mol. The smallest absolute Gasteiger partial charge is 0.354 e. The summed E-state index contributed by atoms with van der Waals surface area (Å²) >= 11 is 0. The summed E-state index contributed by atoms with van der Waals surface area (Å²) in [6.45, 7) is 5.07. The van der Waals surface area contributed by atoms with E-state index in [1.807, 2.05) is 32.3 Å². The minimum Gasteiger partial charge on any atom is -0.477 e. The van der Waals surface area contributed by atoms with Gasteiger partial charge in [-0.2, -0.15) is 10.2 Å². The zero-order chi connectivity index (χ0) is 21.5. The van der Waals surface area contributed by atoms with Gasteiger partial charge < -0.3 is 14.7 Å². The number of morpholine rings is 1. The van der Waals surface area contributed by atoms with Crippen LogP contribution in [0.4, 0.5) is 5.69 Å². The van der Waals surface area contributed by atoms with E-state index >= 15 is 0 Å². The summed E-state index contributed by atoms with van der Waals surface area (Å²) in [6.07, 6.45) is 3.50. The van der Waals surface area contributed by atoms with Crippen LogP contribution in [-0.4, -0.2) is 61.9 Å². The number of hydrogen-bond acceptors (Lipinski definition) is 6. The van der Waals surface area contributed by atoms with Gasteiger partial charge in [0.25, 0.3) is 0 Å². The molecule has 4 heterocycles. The van der Waals surface area contributed by atoms with E-state index in [0.717, 1.165) is 59.9 Å². The van der Waals surface area contributed by atoms with Gasteiger partial charge in [-0.25, -0.2) is 14.5 Å². The number of anilines is 1. The van der Waals surface area contributed by atoms with Crippen LogP contribution in [0.15, 0.2) is 42.7 Å². The van der Waals surface area contributed by atoms with Crippen molar-refractivity contribution in [2.75, 3.05) is 31.2 Å². The molecule has 1 aliphatic rings. The first-order chi connectivity index (χ1) is 15.0. The number of carboxylic acids is 1. The first-order valence-electron chi connectivity index (χ1n) is 10.1. The molecule has 31 heavy (non-hydrogen) atoms. The van der Waals surface area contributed by atoms with Gasteiger partial charge in [0.2, 0.25) is 0 Å². The Morgan fingerprint density at radius 1 is 1.13 bits per heavy atom. The van der Waals surface area contributed by atoms with Crippen molar-refractivity contribution >= 4 is 22.7 Å². The third-order valence-corrected chi connectivity index (χ3v) is 5.52. The van der Waals surface area contributed by atoms with Gasteiger partial charge in [0.05, 0.1) is 36.7 Å². The van der Waals surface area contributed by atoms with Gasteiger partial charge >= 0.3 is 5.97 Å². The summed E-state index contributed by atoms with van der Waals surface area (Å²) in [5, 5.41) is 19.3. The van der Waals surface area contributed by atoms with E-state index in [0.29, 0.717) is 5.65 Å². The standard InChI is InChI=1S/C22H22N6O3/c1-14-20-18(15-3-5-16(6-4-15)27-7-9-31-10-8-27)11-19(22(29)30)24-21(20)28(25-14)17-12-23-26(2)13-17/h3-6,11-13H,7-10H2,1-2H3,(H,29,30). The number of benzene rings is 1. The average Bonchev–Trinajstić information content (AvgIpc) is 3.37. The van der Waals surface area contributed by atoms with Crippen LogP contribution < -0.4 is 4.90 Å². The largest absolute Gasteiger partial charge is 0.477 e. The zero-order valence-electron chi connectivity index (χ0n) is 17.3. The SMILES string of the molecule is Cc1nn(-c2cnn(C)c2)c2nc(C(=O)O)cc(-c3ccc(N4CCOCC4)cc3)c12. The van der Waals surface area contributed by atoms with Crippen LogP contribution >= 0.6 is 0 Å². The van der Waals surface area contributed by atoms with Crippen molar-refractivity contribution in [3.63, 3.8) is 0 Å². The molecule has 9 heteroatoms. The Bertz CT molecular complexity index is 1270. The van der Waals surface area contributed by atoms with Gasteiger partial charge in [-0.15, -0.1) is 0 Å². The van der Waals surface area contributed by atoms with E-state index in [1.165, 1.54) is 0 Å². The molecule has 5 rings (SSSR count). The van der Waals surface area contributed by atoms with Crippen molar-refractivity contribution in [1.29, 1.82) is 0 Å². The Kier molecular flexibility index (Phi) is 4.67. The second-order valence-corrected chi connectivity index (χ2v) is 7.57. The van der Waals surface area contributed by atoms with E-state index in [9.17, 15) is 9.90 Å². The predicted octanol–water partition coefficient (Wildman–Crippen LogP) is 2.66. The zero-order valence-corrected chi connectivity index (χ0v) is 17.3. The molecule has 0 radical (unpaired) electrons. The summed E-state index contributed by atoms with van der Waals surface area (Å²) in [7, 11) is 1.82. The van der Waals surface area contributed by atoms with Crippen LogP contribution in [0.1, 0.15) is 16.2 Å². The number of nitrogens with zero attached hydrogens (tertiary/aromatic N) is 6. The molecule has 3 aromatic heterocycles. The summed E-state index contributed by atoms with van der Waals surface area (Å²) in [6, 6.07) is 9.79. The number of rotatable bonds is 4. The van der Waals surface area contributed by atoms with Gasteiger partial charge in [-0.1, -0.05) is 12.1 Å². The Hall–Kier alpha value is -3.72. The van der Waals surface area contributed by atoms with Crippen LogP contribution in [0.2, 0.25) is 0 Å². The first kappa shape index (κ1) is 19.3. The number of aryl methyl sites for hydroxylation is 2. The minimum absolute atomic E-state index is 0.0233. The van der Waals surface area contributed by atoms with E-state index in [-0.39, 0.29) is 5.69 Å². The van der Waals surface area contributed by atoms with Crippen molar-refractivity contribution in [3.8, 4) is 16.8 Å². The number of carboxylic acid groups (broad SMARTS) is 1. The van der Waals surface area contributed by atoms with Crippen LogP contribution in [-0.2, 0) is 11.8 Å². The van der Waals surface area contributed by atoms with Gasteiger partial charge in [0.15, 0.2) is 11.3 Å². The molecule has 1 saturated heterocycles. The molecule has 0 unspecified atom stereocenters. The lowest BCUT2D eigenvalue weighted by Crippen LogP contribution is -2.36. The van der Waals surface area contributed by atoms with Crippen molar-refractivity contribution in [2.45, 2.75) is 6.92 Å². The van der Waals surface area contributed by atoms with Crippen LogP contribution in [0.5, 0.6) is 0 Å². The maximum Gasteiger partial charge on any atom is 0.354 e. The van der Waals surface area contributed by atoms with E-state index in [1.54, 1.807) is 21.6 Å². The van der Waals surface area contributed by atoms with Crippen molar-refractivity contribution < 1.29 is 14.6 Å². The molecule has 0 spiro atoms. The molecule has 0 saturated carbocycles. The third-order valence-electron chi connectivity index (χ3n) is 5.52. The number of hydrogen-bond donors (Lipinski definition) is 1. The van der Waals surface area contributed by atoms with Crippen molar-refractivity contribution in [1.82, 2.24) is 24.5 Å². The quantitative estimate of drug-likeness (QED) is 0.544. The topological polar surface area (TPSA) is 98.3 Å². The van der Waals surface area contributed by atoms with Crippen LogP contribution in [0, 0.1) is 6.92 Å². The average molecular weight is 418 g/mol. The minimum atomic E-state index is -1.08. The summed E-state index contributed by atoms with van der Waals surface area (Å²) in [5.41, 5.74) is 4.81. The Labute approximate surface area is 178 Å². The van der Waals surface area contributed by atoms with Crippen molar-refractivity contribution in [2.24, 2.45) is 7.05 Å². The highest BCUT2D eigenvalue weighted by atomic mass is 16.5. The summed E-state index contributed by atoms with van der Waals surface area (Å²) in [4.78, 5) is 18.5. The number of aromatic carboxylic acids is 1. The number of ether oxygens (including phenoxy) is 1. The molecule has 158 valence electrons. The highest BCUT2D eigenvalue weighted by Gasteiger charge is 2.20. The van der Waals surface area contributed by atoms with Gasteiger partial charge in [-0.05, 0) is 36.2 Å². The lowest BCUT2D eigenvalue weighted by Gasteiger charge is -2.29. The number of aromatic nitrogens is 5. The molecular formula is C22H22N6O3. The van der Waals surface area contributed by atoms with Gasteiger partial charge in [0, 0.05) is 25.8 Å². The molecule has 0 aliphatic carbocycles. The van der Waals surface area contributed by atoms with E-state index in [4.69, 9.17) is 4.74 Å². The summed E-state index contributed by atoms with van der Waals surface area (Å²) in [5.74, 6) is -1.08. The van der Waals surface area contributed by atoms with Gasteiger partial charge in [-0.3, -0.25) is 4.68 Å². The molecule has 1 aliphatic heterocycles. The molecule has 1 aromatic carbocycles. The highest BCUT2D eigenvalue weighted by Crippen LogP contribution is 2.33. The lowest BCUT2D eigenvalue weighted by molar-refractivity contribution is 0.0691. The van der Waals surface area contributed by atoms with E-state index < -0.39 is 5.97 Å². The molecule has 1 fully saturated rings. The molecule has 0 amide bonds. The Morgan fingerprint density at radius 3 is 2.52 bits per heavy atom. The maximum atomic E-state index is 11.8. The van der Waals surface area contributed by atoms with Crippen LogP contribution in [0.25, 0.3) is 27.8 Å². The number of pyridine rings is 1. The Balaban J connectivity index is 1.65. The number of carbonyl (C=O) groups is 1. The monoisotopic (exact) mass is 418 g/mol. The second kappa shape index (κ2) is 7.51. The number of fused-ring (bicyclic) bond motifs is 1. The lowest BCUT2D eigenvalue weighted by atomic mass is 10.0. The normalized spacial score (nSPS) is 14.3. The Morgan fingerprint density at radius 2 is 1.87 bits per heavy atom. The predicted molar refractivity (Wildman–Crippen MR) is 116 cm³/mol. The first-order valence-corrected chi connectivity index (χ1v) is 10.1. The molecule has 4 aromatic rings. The molecule has 1 N–H and O–H groups in total. The third kappa shape index (κ3) is 3.42. The fourth-order valence-electron chi connectivity index (χ4n) is 4.00. The highest BCUT2D eigenvalue weighted by molar-refractivity contribution is 6.00. The fourth-order valence-corrected chi connectivity index (χ4v) is 4.00. The van der Waals surface area contributed by atoms with E-state index in [2.05, 4.69) is 32.2 Å². The summed E-state index contributed by atoms with van der Waals surface area (Å²) < 4.78 is 8.75. The molecule has 0 bridgehead atoms. The second-order valence-electron chi connectivity index (χ2n) is 7.57. The maximum absolute atomic E-state index is 11.8. The molecule has 0 atom stereocenters. The van der Waals surface area contributed by atoms with Crippen molar-refractivity contribution in [3.05, 3.63) is 54.1 Å². The molecule has 9 nitrogen and oxygen atoms in total. The van der Waals surface area contributed by atoms with Gasteiger partial charge in [0.1, 0.15) is 5.69 Å². The van der Waals surface area contributed by atoms with Crippen LogP contribution in [0.3, 0.4) is 0 Å². The fraction of sp³-hybridized carbons (Fsp3) is 0.273.